The number of carbonyl (C=O) groups is 2. The molecule has 1 fully saturated rings. The molecule has 2 heterocycles. The predicted molar refractivity (Wildman–Crippen MR) is 112 cm³/mol. The lowest BCUT2D eigenvalue weighted by molar-refractivity contribution is 0.00578. The lowest BCUT2D eigenvalue weighted by Crippen LogP contribution is -2.41. The number of fused-ring (bicyclic) bond motifs is 1. The van der Waals surface area contributed by atoms with Crippen LogP contribution >= 0.6 is 0 Å². The zero-order chi connectivity index (χ0) is 21.1. The van der Waals surface area contributed by atoms with Gasteiger partial charge in [0.1, 0.15) is 0 Å². The number of benzene rings is 2. The second-order valence-electron chi connectivity index (χ2n) is 8.91. The number of aryl methyl sites for hydroxylation is 1. The number of nitrogens with zero attached hydrogens (tertiary/aromatic N) is 1. The van der Waals surface area contributed by atoms with Crippen molar-refractivity contribution in [1.29, 1.82) is 0 Å². The maximum atomic E-state index is 12.8. The summed E-state index contributed by atoms with van der Waals surface area (Å²) in [6.45, 7) is 12.0. The minimum Gasteiger partial charge on any atom is -0.399 e. The van der Waals surface area contributed by atoms with Crippen molar-refractivity contribution in [1.82, 2.24) is 4.90 Å². The molecule has 2 aliphatic heterocycles. The number of amides is 2. The van der Waals surface area contributed by atoms with Gasteiger partial charge in [-0.3, -0.25) is 14.5 Å². The van der Waals surface area contributed by atoms with Crippen molar-refractivity contribution in [3.05, 3.63) is 64.7 Å². The van der Waals surface area contributed by atoms with E-state index in [0.717, 1.165) is 16.6 Å². The van der Waals surface area contributed by atoms with Gasteiger partial charge in [-0.1, -0.05) is 30.3 Å². The van der Waals surface area contributed by atoms with Gasteiger partial charge in [-0.05, 0) is 70.3 Å². The Balaban J connectivity index is 1.61. The lowest BCUT2D eigenvalue weighted by atomic mass is 9.77. The molecular formula is C23H26BNO4. The number of hydrogen-bond acceptors (Lipinski definition) is 4. The van der Waals surface area contributed by atoms with Crippen molar-refractivity contribution < 1.29 is 18.9 Å². The van der Waals surface area contributed by atoms with Crippen molar-refractivity contribution in [2.45, 2.75) is 58.8 Å². The number of carbonyl (C=O) groups excluding carboxylic acids is 2. The zero-order valence-electron chi connectivity index (χ0n) is 17.8. The third-order valence-corrected chi connectivity index (χ3v) is 6.48. The van der Waals surface area contributed by atoms with Gasteiger partial charge in [0, 0.05) is 0 Å². The fourth-order valence-corrected chi connectivity index (χ4v) is 3.99. The average molecular weight is 391 g/mol. The van der Waals surface area contributed by atoms with Crippen LogP contribution < -0.4 is 5.46 Å². The summed E-state index contributed by atoms with van der Waals surface area (Å²) in [5.41, 5.74) is 2.97. The predicted octanol–water partition coefficient (Wildman–Crippen LogP) is 3.65. The SMILES string of the molecule is Cc1cc(B2OC(C)(C)C(C)(C)O2)ccc1C(C)N1C(=O)c2ccccc2C1=O. The van der Waals surface area contributed by atoms with E-state index in [1.54, 1.807) is 24.3 Å². The average Bonchev–Trinajstić information content (AvgIpc) is 3.04. The van der Waals surface area contributed by atoms with Crippen molar-refractivity contribution in [2.24, 2.45) is 0 Å². The molecule has 0 bridgehead atoms. The van der Waals surface area contributed by atoms with Crippen LogP contribution in [0.1, 0.15) is 72.5 Å². The van der Waals surface area contributed by atoms with E-state index in [1.165, 1.54) is 4.90 Å². The fraction of sp³-hybridized carbons (Fsp3) is 0.391. The summed E-state index contributed by atoms with van der Waals surface area (Å²) in [6, 6.07) is 12.5. The van der Waals surface area contributed by atoms with Gasteiger partial charge in [0.05, 0.1) is 28.4 Å². The molecule has 0 aliphatic carbocycles. The number of imide groups is 1. The van der Waals surface area contributed by atoms with E-state index in [9.17, 15) is 9.59 Å². The highest BCUT2D eigenvalue weighted by molar-refractivity contribution is 6.62. The molecule has 1 atom stereocenters. The maximum absolute atomic E-state index is 12.8. The molecule has 6 heteroatoms. The van der Waals surface area contributed by atoms with Crippen molar-refractivity contribution in [2.75, 3.05) is 0 Å². The first-order valence-corrected chi connectivity index (χ1v) is 9.96. The topological polar surface area (TPSA) is 55.8 Å². The molecule has 29 heavy (non-hydrogen) atoms. The molecule has 0 spiro atoms. The summed E-state index contributed by atoms with van der Waals surface area (Å²) in [6.07, 6.45) is 0. The summed E-state index contributed by atoms with van der Waals surface area (Å²) < 4.78 is 12.3. The minimum absolute atomic E-state index is 0.243. The molecule has 1 unspecified atom stereocenters. The van der Waals surface area contributed by atoms with Crippen LogP contribution in [0.25, 0.3) is 0 Å². The van der Waals surface area contributed by atoms with E-state index < -0.39 is 18.3 Å². The lowest BCUT2D eigenvalue weighted by Gasteiger charge is -2.32. The molecule has 0 aromatic heterocycles. The van der Waals surface area contributed by atoms with Crippen LogP contribution in [-0.4, -0.2) is 35.0 Å². The van der Waals surface area contributed by atoms with Gasteiger partial charge < -0.3 is 9.31 Å². The zero-order valence-corrected chi connectivity index (χ0v) is 17.8. The quantitative estimate of drug-likeness (QED) is 0.592. The number of hydrogen-bond donors (Lipinski definition) is 0. The first-order chi connectivity index (χ1) is 13.5. The van der Waals surface area contributed by atoms with Crippen LogP contribution in [0, 0.1) is 6.92 Å². The third kappa shape index (κ3) is 3.02. The molecule has 0 radical (unpaired) electrons. The maximum Gasteiger partial charge on any atom is 0.494 e. The molecule has 2 amide bonds. The van der Waals surface area contributed by atoms with Crippen molar-refractivity contribution >= 4 is 24.4 Å². The van der Waals surface area contributed by atoms with Gasteiger partial charge in [-0.15, -0.1) is 0 Å². The fourth-order valence-electron chi connectivity index (χ4n) is 3.99. The van der Waals surface area contributed by atoms with E-state index in [2.05, 4.69) is 0 Å². The van der Waals surface area contributed by atoms with Crippen molar-refractivity contribution in [3.8, 4) is 0 Å². The Kier molecular flexibility index (Phi) is 4.48. The Bertz CT molecular complexity index is 963. The van der Waals surface area contributed by atoms with Crippen molar-refractivity contribution in [3.63, 3.8) is 0 Å². The van der Waals surface area contributed by atoms with Gasteiger partial charge >= 0.3 is 7.12 Å². The normalized spacial score (nSPS) is 20.9. The summed E-state index contributed by atoms with van der Waals surface area (Å²) >= 11 is 0. The summed E-state index contributed by atoms with van der Waals surface area (Å²) in [4.78, 5) is 27.0. The Morgan fingerprint density at radius 3 is 1.90 bits per heavy atom. The highest BCUT2D eigenvalue weighted by Crippen LogP contribution is 2.37. The van der Waals surface area contributed by atoms with E-state index in [-0.39, 0.29) is 17.9 Å². The van der Waals surface area contributed by atoms with Gasteiger partial charge in [0.15, 0.2) is 0 Å². The molecule has 0 saturated carbocycles. The Morgan fingerprint density at radius 2 is 1.41 bits per heavy atom. The molecular weight excluding hydrogens is 365 g/mol. The number of rotatable bonds is 3. The standard InChI is InChI=1S/C23H26BNO4/c1-14-13-16(24-28-22(3,4)23(5,6)29-24)11-12-17(14)15(2)25-20(26)18-9-7-8-10-19(18)21(25)27/h7-13,15H,1-6H3. The third-order valence-electron chi connectivity index (χ3n) is 6.48. The van der Waals surface area contributed by atoms with E-state index in [0.29, 0.717) is 11.1 Å². The van der Waals surface area contributed by atoms with Crippen LogP contribution in [0.3, 0.4) is 0 Å². The molecule has 150 valence electrons. The second-order valence-corrected chi connectivity index (χ2v) is 8.91. The van der Waals surface area contributed by atoms with E-state index in [4.69, 9.17) is 9.31 Å². The molecule has 1 saturated heterocycles. The van der Waals surface area contributed by atoms with E-state index in [1.807, 2.05) is 59.7 Å². The Hall–Kier alpha value is -2.44. The summed E-state index contributed by atoms with van der Waals surface area (Å²) in [5.74, 6) is -0.486. The van der Waals surface area contributed by atoms with Crippen LogP contribution in [0.4, 0.5) is 0 Å². The van der Waals surface area contributed by atoms with Crippen LogP contribution in [0.2, 0.25) is 0 Å². The molecule has 4 rings (SSSR count). The van der Waals surface area contributed by atoms with Gasteiger partial charge in [-0.25, -0.2) is 0 Å². The first-order valence-electron chi connectivity index (χ1n) is 9.96. The molecule has 0 N–H and O–H groups in total. The highest BCUT2D eigenvalue weighted by Gasteiger charge is 2.51. The largest absolute Gasteiger partial charge is 0.494 e. The molecule has 2 aliphatic rings. The summed E-state index contributed by atoms with van der Waals surface area (Å²) in [5, 5.41) is 0. The first kappa shape index (κ1) is 19.9. The second kappa shape index (κ2) is 6.54. The summed E-state index contributed by atoms with van der Waals surface area (Å²) in [7, 11) is -0.442. The van der Waals surface area contributed by atoms with Crippen LogP contribution in [-0.2, 0) is 9.31 Å². The minimum atomic E-state index is -0.442. The van der Waals surface area contributed by atoms with Gasteiger partial charge in [-0.2, -0.15) is 0 Å². The smallest absolute Gasteiger partial charge is 0.399 e. The van der Waals surface area contributed by atoms with Gasteiger partial charge in [0.25, 0.3) is 11.8 Å². The molecule has 5 nitrogen and oxygen atoms in total. The van der Waals surface area contributed by atoms with Crippen LogP contribution in [0.5, 0.6) is 0 Å². The Labute approximate surface area is 172 Å². The van der Waals surface area contributed by atoms with Gasteiger partial charge in [0.2, 0.25) is 0 Å². The molecule has 2 aromatic rings. The molecule has 2 aromatic carbocycles. The van der Waals surface area contributed by atoms with Crippen LogP contribution in [0.15, 0.2) is 42.5 Å². The highest BCUT2D eigenvalue weighted by atomic mass is 16.7. The monoisotopic (exact) mass is 391 g/mol. The van der Waals surface area contributed by atoms with E-state index >= 15 is 0 Å². The Morgan fingerprint density at radius 1 is 0.897 bits per heavy atom.